The van der Waals surface area contributed by atoms with Crippen molar-refractivity contribution in [2.24, 2.45) is 5.92 Å². The zero-order valence-corrected chi connectivity index (χ0v) is 17.6. The molecule has 5 nitrogen and oxygen atoms in total. The van der Waals surface area contributed by atoms with Crippen LogP contribution < -0.4 is 10.2 Å². The molecule has 2 heterocycles. The van der Waals surface area contributed by atoms with E-state index in [9.17, 15) is 4.79 Å². The molecule has 0 unspecified atom stereocenters. The smallest absolute Gasteiger partial charge is 0.253 e. The number of hydrogen-bond donors (Lipinski definition) is 1. The number of hydrogen-bond acceptors (Lipinski definition) is 4. The van der Waals surface area contributed by atoms with Crippen molar-refractivity contribution in [1.82, 2.24) is 15.2 Å². The Balaban J connectivity index is 1.15. The van der Waals surface area contributed by atoms with Gasteiger partial charge in [-0.25, -0.2) is 0 Å². The highest BCUT2D eigenvalue weighted by atomic mass is 16.1. The molecule has 1 amide bonds. The van der Waals surface area contributed by atoms with Crippen molar-refractivity contribution >= 4 is 11.6 Å². The number of benzene rings is 1. The molecule has 0 bridgehead atoms. The number of aryl methyl sites for hydroxylation is 1. The van der Waals surface area contributed by atoms with E-state index in [2.05, 4.69) is 52.1 Å². The molecular formula is C24H32N4O. The van der Waals surface area contributed by atoms with Crippen LogP contribution in [-0.2, 0) is 0 Å². The molecule has 2 fully saturated rings. The summed E-state index contributed by atoms with van der Waals surface area (Å²) in [6.07, 6.45) is 6.77. The third-order valence-corrected chi connectivity index (χ3v) is 6.64. The van der Waals surface area contributed by atoms with Crippen LogP contribution in [-0.4, -0.2) is 54.6 Å². The summed E-state index contributed by atoms with van der Waals surface area (Å²) in [6.45, 7) is 10.1. The summed E-state index contributed by atoms with van der Waals surface area (Å²) in [4.78, 5) is 21.3. The summed E-state index contributed by atoms with van der Waals surface area (Å²) in [6, 6.07) is 10.6. The van der Waals surface area contributed by atoms with Gasteiger partial charge in [0, 0.05) is 50.3 Å². The van der Waals surface area contributed by atoms with E-state index < -0.39 is 0 Å². The number of carbonyl (C=O) groups excluding carboxylic acids is 1. The highest BCUT2D eigenvalue weighted by Crippen LogP contribution is 2.31. The van der Waals surface area contributed by atoms with Crippen LogP contribution in [0, 0.1) is 19.8 Å². The van der Waals surface area contributed by atoms with E-state index in [0.29, 0.717) is 11.6 Å². The molecule has 1 aliphatic heterocycles. The molecule has 29 heavy (non-hydrogen) atoms. The Labute approximate surface area is 174 Å². The summed E-state index contributed by atoms with van der Waals surface area (Å²) in [5.41, 5.74) is 4.84. The zero-order valence-electron chi connectivity index (χ0n) is 17.6. The van der Waals surface area contributed by atoms with E-state index in [4.69, 9.17) is 0 Å². The average Bonchev–Trinajstić information content (AvgIpc) is 2.72. The van der Waals surface area contributed by atoms with Gasteiger partial charge < -0.3 is 10.2 Å². The number of rotatable bonds is 6. The summed E-state index contributed by atoms with van der Waals surface area (Å²) in [5, 5.41) is 3.14. The van der Waals surface area contributed by atoms with E-state index in [1.807, 2.05) is 6.07 Å². The standard InChI is InChI=1S/C24H32N4O/c1-18-5-3-7-23(19(18)2)28-13-11-27(12-14-28)10-8-20-15-22(16-20)26-24(29)21-6-4-9-25-17-21/h3-7,9,17,20,22H,8,10-16H2,1-2H3,(H,26,29)/t20-,22+. The number of carbonyl (C=O) groups is 1. The lowest BCUT2D eigenvalue weighted by Gasteiger charge is -2.40. The second kappa shape index (κ2) is 8.95. The quantitative estimate of drug-likeness (QED) is 0.818. The fourth-order valence-electron chi connectivity index (χ4n) is 4.51. The van der Waals surface area contributed by atoms with Gasteiger partial charge in [-0.3, -0.25) is 14.7 Å². The number of nitrogens with one attached hydrogen (secondary N) is 1. The third-order valence-electron chi connectivity index (χ3n) is 6.64. The minimum atomic E-state index is 0.00381. The van der Waals surface area contributed by atoms with Gasteiger partial charge in [-0.15, -0.1) is 0 Å². The molecule has 5 heteroatoms. The van der Waals surface area contributed by atoms with Crippen LogP contribution in [0.1, 0.15) is 40.7 Å². The summed E-state index contributed by atoms with van der Waals surface area (Å²) >= 11 is 0. The normalized spacial score (nSPS) is 22.2. The lowest BCUT2D eigenvalue weighted by atomic mass is 9.78. The average molecular weight is 393 g/mol. The first-order chi connectivity index (χ1) is 14.1. The van der Waals surface area contributed by atoms with Gasteiger partial charge in [-0.05, 0) is 74.9 Å². The number of piperazine rings is 1. The highest BCUT2D eigenvalue weighted by Gasteiger charge is 2.31. The Morgan fingerprint density at radius 1 is 1.10 bits per heavy atom. The monoisotopic (exact) mass is 392 g/mol. The van der Waals surface area contributed by atoms with Gasteiger partial charge in [0.05, 0.1) is 5.56 Å². The number of aromatic nitrogens is 1. The first kappa shape index (κ1) is 19.9. The fraction of sp³-hybridized carbons (Fsp3) is 0.500. The zero-order chi connectivity index (χ0) is 20.2. The molecule has 2 aliphatic rings. The SMILES string of the molecule is Cc1cccc(N2CCN(CC[C@H]3C[C@@H](NC(=O)c4cccnc4)C3)CC2)c1C. The van der Waals surface area contributed by atoms with Crippen LogP contribution in [0.4, 0.5) is 5.69 Å². The first-order valence-corrected chi connectivity index (χ1v) is 10.8. The van der Waals surface area contributed by atoms with Crippen molar-refractivity contribution < 1.29 is 4.79 Å². The molecule has 1 aliphatic carbocycles. The number of anilines is 1. The van der Waals surface area contributed by atoms with E-state index in [0.717, 1.165) is 44.9 Å². The Morgan fingerprint density at radius 3 is 2.62 bits per heavy atom. The molecule has 1 N–H and O–H groups in total. The molecule has 1 aromatic carbocycles. The molecular weight excluding hydrogens is 360 g/mol. The van der Waals surface area contributed by atoms with Crippen LogP contribution in [0.25, 0.3) is 0 Å². The second-order valence-electron chi connectivity index (χ2n) is 8.59. The van der Waals surface area contributed by atoms with Gasteiger partial charge in [-0.2, -0.15) is 0 Å². The Morgan fingerprint density at radius 2 is 1.90 bits per heavy atom. The predicted molar refractivity (Wildman–Crippen MR) is 117 cm³/mol. The third kappa shape index (κ3) is 4.78. The number of amides is 1. The van der Waals surface area contributed by atoms with Gasteiger partial charge in [-0.1, -0.05) is 12.1 Å². The predicted octanol–water partition coefficient (Wildman–Crippen LogP) is 3.42. The number of nitrogens with zero attached hydrogens (tertiary/aromatic N) is 3. The molecule has 0 radical (unpaired) electrons. The minimum Gasteiger partial charge on any atom is -0.369 e. The molecule has 1 saturated carbocycles. The molecule has 2 aromatic rings. The molecule has 0 spiro atoms. The maximum atomic E-state index is 12.2. The van der Waals surface area contributed by atoms with Gasteiger partial charge >= 0.3 is 0 Å². The van der Waals surface area contributed by atoms with Crippen molar-refractivity contribution in [2.75, 3.05) is 37.6 Å². The van der Waals surface area contributed by atoms with Gasteiger partial charge in [0.15, 0.2) is 0 Å². The van der Waals surface area contributed by atoms with Crippen LogP contribution in [0.2, 0.25) is 0 Å². The van der Waals surface area contributed by atoms with Crippen molar-refractivity contribution in [3.63, 3.8) is 0 Å². The van der Waals surface area contributed by atoms with Crippen molar-refractivity contribution in [1.29, 1.82) is 0 Å². The van der Waals surface area contributed by atoms with E-state index in [-0.39, 0.29) is 5.91 Å². The highest BCUT2D eigenvalue weighted by molar-refractivity contribution is 5.94. The summed E-state index contributed by atoms with van der Waals surface area (Å²) < 4.78 is 0. The van der Waals surface area contributed by atoms with Crippen LogP contribution in [0.5, 0.6) is 0 Å². The van der Waals surface area contributed by atoms with Crippen LogP contribution in [0.3, 0.4) is 0 Å². The Hall–Kier alpha value is -2.40. The van der Waals surface area contributed by atoms with Crippen molar-refractivity contribution in [3.05, 3.63) is 59.4 Å². The molecule has 0 atom stereocenters. The van der Waals surface area contributed by atoms with Gasteiger partial charge in [0.1, 0.15) is 0 Å². The van der Waals surface area contributed by atoms with Crippen LogP contribution >= 0.6 is 0 Å². The lowest BCUT2D eigenvalue weighted by molar-refractivity contribution is 0.0877. The fourth-order valence-corrected chi connectivity index (χ4v) is 4.51. The largest absolute Gasteiger partial charge is 0.369 e. The second-order valence-corrected chi connectivity index (χ2v) is 8.59. The maximum absolute atomic E-state index is 12.2. The van der Waals surface area contributed by atoms with E-state index in [1.54, 1.807) is 18.5 Å². The van der Waals surface area contributed by atoms with Crippen molar-refractivity contribution in [3.8, 4) is 0 Å². The molecule has 1 aromatic heterocycles. The topological polar surface area (TPSA) is 48.5 Å². The summed E-state index contributed by atoms with van der Waals surface area (Å²) in [7, 11) is 0. The Kier molecular flexibility index (Phi) is 6.14. The lowest BCUT2D eigenvalue weighted by Crippen LogP contribution is -2.48. The first-order valence-electron chi connectivity index (χ1n) is 10.8. The van der Waals surface area contributed by atoms with E-state index >= 15 is 0 Å². The van der Waals surface area contributed by atoms with Crippen molar-refractivity contribution in [2.45, 2.75) is 39.2 Å². The minimum absolute atomic E-state index is 0.00381. The van der Waals surface area contributed by atoms with Gasteiger partial charge in [0.25, 0.3) is 5.91 Å². The maximum Gasteiger partial charge on any atom is 0.253 e. The number of pyridine rings is 1. The Bertz CT molecular complexity index is 824. The molecule has 4 rings (SSSR count). The molecule has 154 valence electrons. The van der Waals surface area contributed by atoms with E-state index in [1.165, 1.54) is 29.8 Å². The molecule has 1 saturated heterocycles. The van der Waals surface area contributed by atoms with Crippen LogP contribution in [0.15, 0.2) is 42.7 Å². The van der Waals surface area contributed by atoms with Gasteiger partial charge in [0.2, 0.25) is 0 Å². The summed E-state index contributed by atoms with van der Waals surface area (Å²) in [5.74, 6) is 0.746.